The second-order valence-corrected chi connectivity index (χ2v) is 6.40. The van der Waals surface area contributed by atoms with Crippen molar-refractivity contribution in [1.29, 1.82) is 0 Å². The van der Waals surface area contributed by atoms with E-state index in [0.29, 0.717) is 0 Å². The highest BCUT2D eigenvalue weighted by atomic mass is 79.9. The van der Waals surface area contributed by atoms with Gasteiger partial charge in [-0.2, -0.15) is 12.6 Å². The van der Waals surface area contributed by atoms with Crippen molar-refractivity contribution in [3.05, 3.63) is 35.9 Å². The van der Waals surface area contributed by atoms with E-state index in [9.17, 15) is 0 Å². The van der Waals surface area contributed by atoms with E-state index in [1.807, 2.05) is 0 Å². The summed E-state index contributed by atoms with van der Waals surface area (Å²) >= 11 is 4.82. The molecule has 0 saturated heterocycles. The maximum absolute atomic E-state index is 4.82. The average molecular weight is 331 g/mol. The van der Waals surface area contributed by atoms with Crippen LogP contribution in [0.1, 0.15) is 57.9 Å². The Kier molecular flexibility index (Phi) is 9.94. The number of benzene rings is 1. The minimum atomic E-state index is 0. The molecule has 2 heteroatoms. The molecule has 1 unspecified atom stereocenters. The largest absolute Gasteiger partial charge is 0.172 e. The van der Waals surface area contributed by atoms with Crippen LogP contribution in [0.2, 0.25) is 0 Å². The first kappa shape index (κ1) is 18.0. The number of rotatable bonds is 8. The van der Waals surface area contributed by atoms with Crippen LogP contribution in [0.3, 0.4) is 0 Å². The molecule has 0 spiro atoms. The van der Waals surface area contributed by atoms with Gasteiger partial charge in [-0.3, -0.25) is 0 Å². The summed E-state index contributed by atoms with van der Waals surface area (Å²) in [5.74, 6) is 0. The first-order chi connectivity index (χ1) is 8.14. The van der Waals surface area contributed by atoms with Gasteiger partial charge in [0.2, 0.25) is 0 Å². The van der Waals surface area contributed by atoms with Gasteiger partial charge in [0.05, 0.1) is 0 Å². The Balaban J connectivity index is 0.00000289. The Bertz CT molecular complexity index is 295. The van der Waals surface area contributed by atoms with Gasteiger partial charge in [0, 0.05) is 4.75 Å². The minimum absolute atomic E-state index is 0. The van der Waals surface area contributed by atoms with Crippen LogP contribution in [0.25, 0.3) is 0 Å². The molecule has 0 fully saturated rings. The molecule has 0 nitrogen and oxygen atoms in total. The Hall–Kier alpha value is 0.0500. The van der Waals surface area contributed by atoms with Crippen molar-refractivity contribution < 1.29 is 0 Å². The third-order valence-electron chi connectivity index (χ3n) is 3.25. The summed E-state index contributed by atoms with van der Waals surface area (Å²) in [7, 11) is 0. The lowest BCUT2D eigenvalue weighted by molar-refractivity contribution is 0.523. The van der Waals surface area contributed by atoms with E-state index in [4.69, 9.17) is 12.6 Å². The Morgan fingerprint density at radius 1 is 1.00 bits per heavy atom. The molecule has 1 atom stereocenters. The minimum Gasteiger partial charge on any atom is -0.172 e. The maximum atomic E-state index is 4.82. The van der Waals surface area contributed by atoms with Crippen LogP contribution in [0.4, 0.5) is 0 Å². The highest BCUT2D eigenvalue weighted by Gasteiger charge is 2.18. The van der Waals surface area contributed by atoms with E-state index >= 15 is 0 Å². The normalized spacial score (nSPS) is 13.7. The van der Waals surface area contributed by atoms with E-state index in [-0.39, 0.29) is 21.7 Å². The zero-order valence-electron chi connectivity index (χ0n) is 11.7. The lowest BCUT2D eigenvalue weighted by Gasteiger charge is -2.23. The van der Waals surface area contributed by atoms with Gasteiger partial charge >= 0.3 is 0 Å². The molecule has 0 amide bonds. The maximum Gasteiger partial charge on any atom is 0.0142 e. The molecule has 0 aliphatic rings. The van der Waals surface area contributed by atoms with Crippen LogP contribution in [0.5, 0.6) is 0 Å². The van der Waals surface area contributed by atoms with Gasteiger partial charge in [-0.1, -0.05) is 76.3 Å². The summed E-state index contributed by atoms with van der Waals surface area (Å²) in [5, 5.41) is 0. The molecule has 0 N–H and O–H groups in total. The van der Waals surface area contributed by atoms with Crippen LogP contribution in [0, 0.1) is 0 Å². The standard InChI is InChI=1S/C16H26S.BrH/c1-3-4-5-6-10-13-16(2,17)14-15-11-8-7-9-12-15;/h7-9,11-12,17H,3-6,10,13-14H2,1-2H3;1H. The fourth-order valence-electron chi connectivity index (χ4n) is 2.23. The quantitative estimate of drug-likeness (QED) is 0.448. The summed E-state index contributed by atoms with van der Waals surface area (Å²) in [6.45, 7) is 4.53. The Morgan fingerprint density at radius 2 is 1.61 bits per heavy atom. The van der Waals surface area contributed by atoms with Gasteiger partial charge in [-0.15, -0.1) is 17.0 Å². The molecular weight excluding hydrogens is 304 g/mol. The average Bonchev–Trinajstić information content (AvgIpc) is 2.29. The van der Waals surface area contributed by atoms with E-state index in [0.717, 1.165) is 6.42 Å². The lowest BCUT2D eigenvalue weighted by Crippen LogP contribution is -2.19. The summed E-state index contributed by atoms with van der Waals surface area (Å²) in [6, 6.07) is 10.7. The fraction of sp³-hybridized carbons (Fsp3) is 0.625. The van der Waals surface area contributed by atoms with Gasteiger partial charge in [0.15, 0.2) is 0 Å². The molecule has 18 heavy (non-hydrogen) atoms. The molecule has 0 aromatic heterocycles. The Morgan fingerprint density at radius 3 is 2.22 bits per heavy atom. The number of halogens is 1. The molecule has 0 bridgehead atoms. The van der Waals surface area contributed by atoms with Gasteiger partial charge in [0.25, 0.3) is 0 Å². The van der Waals surface area contributed by atoms with Gasteiger partial charge in [-0.05, 0) is 18.4 Å². The summed E-state index contributed by atoms with van der Waals surface area (Å²) < 4.78 is 0.146. The van der Waals surface area contributed by atoms with Crippen molar-refractivity contribution in [3.63, 3.8) is 0 Å². The van der Waals surface area contributed by atoms with Crippen LogP contribution < -0.4 is 0 Å². The number of thiol groups is 1. The molecule has 104 valence electrons. The second kappa shape index (κ2) is 9.91. The van der Waals surface area contributed by atoms with Crippen LogP contribution >= 0.6 is 29.6 Å². The van der Waals surface area contributed by atoms with Crippen molar-refractivity contribution in [2.24, 2.45) is 0 Å². The van der Waals surface area contributed by atoms with Gasteiger partial charge in [0.1, 0.15) is 0 Å². The third kappa shape index (κ3) is 8.20. The first-order valence-electron chi connectivity index (χ1n) is 6.90. The highest BCUT2D eigenvalue weighted by Crippen LogP contribution is 2.26. The monoisotopic (exact) mass is 330 g/mol. The summed E-state index contributed by atoms with van der Waals surface area (Å²) in [6.07, 6.45) is 9.04. The molecule has 0 radical (unpaired) electrons. The van der Waals surface area contributed by atoms with Crippen molar-refractivity contribution in [3.8, 4) is 0 Å². The second-order valence-electron chi connectivity index (χ2n) is 5.32. The van der Waals surface area contributed by atoms with Gasteiger partial charge in [-0.25, -0.2) is 0 Å². The zero-order valence-corrected chi connectivity index (χ0v) is 14.3. The van der Waals surface area contributed by atoms with E-state index < -0.39 is 0 Å². The van der Waals surface area contributed by atoms with E-state index in [1.54, 1.807) is 0 Å². The molecular formula is C16H27BrS. The van der Waals surface area contributed by atoms with Crippen LogP contribution in [-0.2, 0) is 6.42 Å². The Labute approximate surface area is 129 Å². The van der Waals surface area contributed by atoms with Crippen molar-refractivity contribution >= 4 is 29.6 Å². The summed E-state index contributed by atoms with van der Waals surface area (Å²) in [5.41, 5.74) is 1.40. The zero-order chi connectivity index (χ0) is 12.6. The predicted molar refractivity (Wildman–Crippen MR) is 91.2 cm³/mol. The van der Waals surface area contributed by atoms with Crippen LogP contribution in [-0.4, -0.2) is 4.75 Å². The molecule has 0 heterocycles. The molecule has 0 aliphatic heterocycles. The molecule has 1 aromatic carbocycles. The lowest BCUT2D eigenvalue weighted by atomic mass is 9.94. The molecule has 1 aromatic rings. The van der Waals surface area contributed by atoms with Crippen LogP contribution in [0.15, 0.2) is 30.3 Å². The van der Waals surface area contributed by atoms with E-state index in [1.165, 1.54) is 44.1 Å². The SMILES string of the molecule is Br.CCCCCCCC(C)(S)Cc1ccccc1. The third-order valence-corrected chi connectivity index (χ3v) is 3.63. The summed E-state index contributed by atoms with van der Waals surface area (Å²) in [4.78, 5) is 0. The smallest absolute Gasteiger partial charge is 0.0142 e. The van der Waals surface area contributed by atoms with Gasteiger partial charge < -0.3 is 0 Å². The molecule has 1 rings (SSSR count). The first-order valence-corrected chi connectivity index (χ1v) is 7.35. The molecule has 0 aliphatic carbocycles. The van der Waals surface area contributed by atoms with Crippen molar-refractivity contribution in [2.45, 2.75) is 63.5 Å². The van der Waals surface area contributed by atoms with Crippen molar-refractivity contribution in [2.75, 3.05) is 0 Å². The predicted octanol–water partition coefficient (Wildman–Crippen LogP) is 5.86. The van der Waals surface area contributed by atoms with E-state index in [2.05, 4.69) is 44.2 Å². The fourth-order valence-corrected chi connectivity index (χ4v) is 2.57. The number of hydrogen-bond acceptors (Lipinski definition) is 1. The number of hydrogen-bond donors (Lipinski definition) is 1. The topological polar surface area (TPSA) is 0 Å². The molecule has 0 saturated carbocycles. The van der Waals surface area contributed by atoms with Crippen molar-refractivity contribution in [1.82, 2.24) is 0 Å². The number of unbranched alkanes of at least 4 members (excludes halogenated alkanes) is 4. The highest BCUT2D eigenvalue weighted by molar-refractivity contribution is 8.93.